The molecule has 1 aromatic rings. The maximum absolute atomic E-state index is 11.9. The normalized spacial score (nSPS) is 10.3. The van der Waals surface area contributed by atoms with Crippen molar-refractivity contribution in [3.05, 3.63) is 29.8 Å². The highest BCUT2D eigenvalue weighted by molar-refractivity contribution is 6.04. The van der Waals surface area contributed by atoms with E-state index in [1.165, 1.54) is 14.0 Å². The Morgan fingerprint density at radius 3 is 2.52 bits per heavy atom. The Morgan fingerprint density at radius 1 is 1.24 bits per heavy atom. The summed E-state index contributed by atoms with van der Waals surface area (Å²) in [5, 5.41) is 2.71. The van der Waals surface area contributed by atoms with Gasteiger partial charge < -0.3 is 10.1 Å². The van der Waals surface area contributed by atoms with Gasteiger partial charge in [-0.15, -0.1) is 0 Å². The third kappa shape index (κ3) is 5.74. The number of benzene rings is 1. The summed E-state index contributed by atoms with van der Waals surface area (Å²) in [6, 6.07) is 6.85. The van der Waals surface area contributed by atoms with Crippen molar-refractivity contribution in [3.63, 3.8) is 0 Å². The van der Waals surface area contributed by atoms with E-state index in [4.69, 9.17) is 0 Å². The molecular weight excluding hydrogens is 272 g/mol. The first-order valence-electron chi connectivity index (χ1n) is 6.59. The van der Waals surface area contributed by atoms with Gasteiger partial charge in [-0.2, -0.15) is 0 Å². The SMILES string of the molecule is COC(=O)CCN(C)CC(=O)Nc1ccccc1C(C)=O. The van der Waals surface area contributed by atoms with E-state index in [1.54, 1.807) is 36.2 Å². The molecule has 1 N–H and O–H groups in total. The van der Waals surface area contributed by atoms with Crippen LogP contribution >= 0.6 is 0 Å². The van der Waals surface area contributed by atoms with E-state index in [0.29, 0.717) is 17.8 Å². The first kappa shape index (κ1) is 16.8. The first-order valence-corrected chi connectivity index (χ1v) is 6.59. The van der Waals surface area contributed by atoms with Gasteiger partial charge in [0.15, 0.2) is 5.78 Å². The summed E-state index contributed by atoms with van der Waals surface area (Å²) < 4.78 is 4.54. The average molecular weight is 292 g/mol. The van der Waals surface area contributed by atoms with Crippen molar-refractivity contribution in [1.82, 2.24) is 4.90 Å². The van der Waals surface area contributed by atoms with Crippen molar-refractivity contribution in [2.75, 3.05) is 32.6 Å². The maximum atomic E-state index is 11.9. The number of nitrogens with zero attached hydrogens (tertiary/aromatic N) is 1. The van der Waals surface area contributed by atoms with E-state index in [9.17, 15) is 14.4 Å². The van der Waals surface area contributed by atoms with E-state index in [0.717, 1.165) is 0 Å². The molecule has 0 aliphatic carbocycles. The summed E-state index contributed by atoms with van der Waals surface area (Å²) in [5.41, 5.74) is 0.972. The molecule has 0 bridgehead atoms. The number of hydrogen-bond donors (Lipinski definition) is 1. The van der Waals surface area contributed by atoms with Crippen LogP contribution in [0.3, 0.4) is 0 Å². The summed E-state index contributed by atoms with van der Waals surface area (Å²) in [6.45, 7) is 2.01. The monoisotopic (exact) mass is 292 g/mol. The fraction of sp³-hybridized carbons (Fsp3) is 0.400. The fourth-order valence-electron chi connectivity index (χ4n) is 1.80. The molecule has 1 aromatic carbocycles. The van der Waals surface area contributed by atoms with Crippen LogP contribution in [-0.2, 0) is 14.3 Å². The Bertz CT molecular complexity index is 528. The number of nitrogens with one attached hydrogen (secondary N) is 1. The fourth-order valence-corrected chi connectivity index (χ4v) is 1.80. The number of rotatable bonds is 7. The number of carbonyl (C=O) groups is 3. The smallest absolute Gasteiger partial charge is 0.306 e. The third-order valence-corrected chi connectivity index (χ3v) is 2.92. The molecule has 6 nitrogen and oxygen atoms in total. The minimum Gasteiger partial charge on any atom is -0.469 e. The molecule has 0 atom stereocenters. The number of para-hydroxylation sites is 1. The van der Waals surface area contributed by atoms with Crippen molar-refractivity contribution in [1.29, 1.82) is 0 Å². The quantitative estimate of drug-likeness (QED) is 0.606. The Hall–Kier alpha value is -2.21. The lowest BCUT2D eigenvalue weighted by molar-refractivity contribution is -0.141. The number of anilines is 1. The van der Waals surface area contributed by atoms with Crippen LogP contribution in [0.25, 0.3) is 0 Å². The van der Waals surface area contributed by atoms with Crippen LogP contribution in [0.15, 0.2) is 24.3 Å². The second-order valence-electron chi connectivity index (χ2n) is 4.71. The lowest BCUT2D eigenvalue weighted by Gasteiger charge is -2.16. The third-order valence-electron chi connectivity index (χ3n) is 2.92. The second kappa shape index (κ2) is 8.16. The van der Waals surface area contributed by atoms with Gasteiger partial charge in [-0.05, 0) is 26.1 Å². The topological polar surface area (TPSA) is 75.7 Å². The minimum absolute atomic E-state index is 0.107. The number of ketones is 1. The number of carbonyl (C=O) groups excluding carboxylic acids is 3. The van der Waals surface area contributed by atoms with Gasteiger partial charge in [-0.25, -0.2) is 0 Å². The van der Waals surface area contributed by atoms with Gasteiger partial charge in [0.25, 0.3) is 0 Å². The number of methoxy groups -OCH3 is 1. The van der Waals surface area contributed by atoms with Gasteiger partial charge in [0, 0.05) is 12.1 Å². The molecule has 0 unspecified atom stereocenters. The zero-order valence-electron chi connectivity index (χ0n) is 12.5. The van der Waals surface area contributed by atoms with Crippen molar-refractivity contribution in [3.8, 4) is 0 Å². The van der Waals surface area contributed by atoms with Crippen LogP contribution in [0.1, 0.15) is 23.7 Å². The Morgan fingerprint density at radius 2 is 1.90 bits per heavy atom. The van der Waals surface area contributed by atoms with E-state index < -0.39 is 0 Å². The molecule has 0 radical (unpaired) electrons. The van der Waals surface area contributed by atoms with Crippen LogP contribution in [0, 0.1) is 0 Å². The molecule has 114 valence electrons. The molecule has 6 heteroatoms. The van der Waals surface area contributed by atoms with Crippen LogP contribution < -0.4 is 5.32 Å². The lowest BCUT2D eigenvalue weighted by atomic mass is 10.1. The molecular formula is C15H20N2O4. The molecule has 1 rings (SSSR count). The summed E-state index contributed by atoms with van der Waals surface area (Å²) >= 11 is 0. The van der Waals surface area contributed by atoms with Crippen LogP contribution in [0.2, 0.25) is 0 Å². The maximum Gasteiger partial charge on any atom is 0.306 e. The molecule has 0 aromatic heterocycles. The lowest BCUT2D eigenvalue weighted by Crippen LogP contribution is -2.32. The van der Waals surface area contributed by atoms with Gasteiger partial charge >= 0.3 is 5.97 Å². The summed E-state index contributed by atoms with van der Waals surface area (Å²) in [5.74, 6) is -0.662. The van der Waals surface area contributed by atoms with Crippen molar-refractivity contribution < 1.29 is 19.1 Å². The number of likely N-dealkylation sites (N-methyl/N-ethyl adjacent to an activating group) is 1. The molecule has 0 saturated heterocycles. The number of amides is 1. The van der Waals surface area contributed by atoms with Gasteiger partial charge in [-0.1, -0.05) is 12.1 Å². The molecule has 0 spiro atoms. The highest BCUT2D eigenvalue weighted by Crippen LogP contribution is 2.15. The number of esters is 1. The molecule has 0 fully saturated rings. The van der Waals surface area contributed by atoms with Crippen molar-refractivity contribution in [2.24, 2.45) is 0 Å². The van der Waals surface area contributed by atoms with Crippen molar-refractivity contribution in [2.45, 2.75) is 13.3 Å². The molecule has 0 saturated carbocycles. The molecule has 0 aliphatic rings. The van der Waals surface area contributed by atoms with Gasteiger partial charge in [0.2, 0.25) is 5.91 Å². The zero-order valence-corrected chi connectivity index (χ0v) is 12.5. The van der Waals surface area contributed by atoms with Crippen LogP contribution in [0.4, 0.5) is 5.69 Å². The highest BCUT2D eigenvalue weighted by atomic mass is 16.5. The molecule has 1 amide bonds. The van der Waals surface area contributed by atoms with Crippen LogP contribution in [-0.4, -0.2) is 49.8 Å². The molecule has 0 aliphatic heterocycles. The van der Waals surface area contributed by atoms with E-state index in [1.807, 2.05) is 0 Å². The summed E-state index contributed by atoms with van der Waals surface area (Å²) in [4.78, 5) is 36.1. The summed E-state index contributed by atoms with van der Waals surface area (Å²) in [7, 11) is 3.06. The van der Waals surface area contributed by atoms with Gasteiger partial charge in [0.05, 0.1) is 25.8 Å². The Balaban J connectivity index is 2.54. The molecule has 0 heterocycles. The number of ether oxygens (including phenoxy) is 1. The highest BCUT2D eigenvalue weighted by Gasteiger charge is 2.12. The predicted molar refractivity (Wildman–Crippen MR) is 79.2 cm³/mol. The van der Waals surface area contributed by atoms with E-state index in [-0.39, 0.29) is 30.6 Å². The number of Topliss-reactive ketones (excluding diaryl/α,β-unsaturated/α-hetero) is 1. The largest absolute Gasteiger partial charge is 0.469 e. The van der Waals surface area contributed by atoms with Gasteiger partial charge in [0.1, 0.15) is 0 Å². The summed E-state index contributed by atoms with van der Waals surface area (Å²) in [6.07, 6.45) is 0.227. The average Bonchev–Trinajstić information content (AvgIpc) is 2.44. The van der Waals surface area contributed by atoms with Crippen LogP contribution in [0.5, 0.6) is 0 Å². The second-order valence-corrected chi connectivity index (χ2v) is 4.71. The van der Waals surface area contributed by atoms with Gasteiger partial charge in [-0.3, -0.25) is 19.3 Å². The Kier molecular flexibility index (Phi) is 6.55. The standard InChI is InChI=1S/C15H20N2O4/c1-11(18)12-6-4-5-7-13(12)16-14(19)10-17(2)9-8-15(20)21-3/h4-7H,8-10H2,1-3H3,(H,16,19). The number of hydrogen-bond acceptors (Lipinski definition) is 5. The predicted octanol–water partition coefficient (Wildman–Crippen LogP) is 1.32. The first-order chi connectivity index (χ1) is 9.93. The minimum atomic E-state index is -0.316. The zero-order chi connectivity index (χ0) is 15.8. The van der Waals surface area contributed by atoms with Crippen molar-refractivity contribution >= 4 is 23.3 Å². The van der Waals surface area contributed by atoms with E-state index >= 15 is 0 Å². The van der Waals surface area contributed by atoms with E-state index in [2.05, 4.69) is 10.1 Å². The molecule has 21 heavy (non-hydrogen) atoms. The Labute approximate surface area is 124 Å².